The van der Waals surface area contributed by atoms with Gasteiger partial charge in [-0.15, -0.1) is 0 Å². The number of pyridine rings is 1. The molecule has 14 nitrogen and oxygen atoms in total. The minimum atomic E-state index is -3.90. The van der Waals surface area contributed by atoms with Crippen LogP contribution in [0.25, 0.3) is 10.8 Å². The molecule has 7 atom stereocenters. The molecule has 3 heterocycles. The molecule has 2 aliphatic carbocycles. The van der Waals surface area contributed by atoms with E-state index >= 15 is 0 Å². The number of alkyl carbamates (subject to hydrolysis) is 1. The number of hydrogen-bond donors (Lipinski definition) is 3. The number of hydrogen-bond acceptors (Lipinski definition) is 10. The molecule has 1 saturated heterocycles. The highest BCUT2D eigenvalue weighted by Crippen LogP contribution is 2.46. The average Bonchev–Trinajstić information content (AvgIpc) is 4.02. The number of sulfonamides is 1. The minimum Gasteiger partial charge on any atom is -0.492 e. The molecular formula is C39H53N5O9S. The van der Waals surface area contributed by atoms with Crippen LogP contribution in [0.15, 0.2) is 42.6 Å². The van der Waals surface area contributed by atoms with E-state index in [4.69, 9.17) is 14.2 Å². The Bertz CT molecular complexity index is 1910. The molecule has 1 aromatic heterocycles. The van der Waals surface area contributed by atoms with E-state index in [1.54, 1.807) is 27.0 Å². The Hall–Kier alpha value is -4.40. The van der Waals surface area contributed by atoms with Crippen molar-refractivity contribution >= 4 is 44.6 Å². The van der Waals surface area contributed by atoms with E-state index in [1.165, 1.54) is 4.90 Å². The molecule has 0 bridgehead atoms. The van der Waals surface area contributed by atoms with E-state index < -0.39 is 74.3 Å². The van der Waals surface area contributed by atoms with Crippen LogP contribution in [-0.4, -0.2) is 89.8 Å². The Morgan fingerprint density at radius 2 is 1.80 bits per heavy atom. The number of carbonyl (C=O) groups excluding carboxylic acids is 4. The van der Waals surface area contributed by atoms with Gasteiger partial charge in [-0.1, -0.05) is 44.2 Å². The summed E-state index contributed by atoms with van der Waals surface area (Å²) < 4.78 is 45.8. The normalized spacial score (nSPS) is 29.8. The van der Waals surface area contributed by atoms with Crippen molar-refractivity contribution in [3.63, 3.8) is 0 Å². The van der Waals surface area contributed by atoms with Crippen molar-refractivity contribution in [1.82, 2.24) is 25.2 Å². The Morgan fingerprint density at radius 3 is 2.48 bits per heavy atom. The van der Waals surface area contributed by atoms with Gasteiger partial charge in [0.15, 0.2) is 0 Å². The lowest BCUT2D eigenvalue weighted by Crippen LogP contribution is -2.59. The van der Waals surface area contributed by atoms with Crippen molar-refractivity contribution < 1.29 is 41.8 Å². The maximum atomic E-state index is 14.7. The van der Waals surface area contributed by atoms with Gasteiger partial charge in [-0.25, -0.2) is 18.2 Å². The molecule has 0 radical (unpaired) electrons. The van der Waals surface area contributed by atoms with Crippen LogP contribution >= 0.6 is 0 Å². The van der Waals surface area contributed by atoms with Gasteiger partial charge in [0.2, 0.25) is 27.7 Å². The van der Waals surface area contributed by atoms with Gasteiger partial charge in [0.25, 0.3) is 5.91 Å². The second kappa shape index (κ2) is 15.4. The molecule has 2 aliphatic heterocycles. The summed E-state index contributed by atoms with van der Waals surface area (Å²) in [6, 6.07) is 5.32. The zero-order valence-corrected chi connectivity index (χ0v) is 32.7. The Labute approximate surface area is 317 Å². The molecule has 1 aromatic carbocycles. The Kier molecular flexibility index (Phi) is 11.2. The topological polar surface area (TPSA) is 182 Å². The van der Waals surface area contributed by atoms with Gasteiger partial charge in [0.1, 0.15) is 35.1 Å². The maximum Gasteiger partial charge on any atom is 0.408 e. The fraction of sp³-hybridized carbons (Fsp3) is 0.615. The van der Waals surface area contributed by atoms with E-state index in [2.05, 4.69) is 27.3 Å². The Balaban J connectivity index is 1.35. The lowest BCUT2D eigenvalue weighted by atomic mass is 9.88. The SMILES string of the molecule is CCOc1cnc(O[C@@H]2C[C@H]3C(=O)N[C@]4(C(=O)NS(=O)(=O)C5CC5)C[C@H]4/C=C\CC[C@@H](C)C[C@@H](C)C(NC(=O)OC(C)(C)C)C(=O)N3C2)c2ccccc12. The van der Waals surface area contributed by atoms with Gasteiger partial charge in [0.05, 0.1) is 24.6 Å². The molecule has 1 unspecified atom stereocenters. The molecule has 294 valence electrons. The number of benzene rings is 1. The van der Waals surface area contributed by atoms with Crippen molar-refractivity contribution in [2.45, 2.75) is 121 Å². The summed E-state index contributed by atoms with van der Waals surface area (Å²) in [7, 11) is -3.90. The van der Waals surface area contributed by atoms with Gasteiger partial charge in [-0.05, 0) is 84.1 Å². The average molecular weight is 768 g/mol. The quantitative estimate of drug-likeness (QED) is 0.327. The summed E-state index contributed by atoms with van der Waals surface area (Å²) in [6.45, 7) is 11.5. The smallest absolute Gasteiger partial charge is 0.408 e. The predicted octanol–water partition coefficient (Wildman–Crippen LogP) is 4.37. The molecule has 6 rings (SSSR count). The second-order valence-corrected chi connectivity index (χ2v) is 18.2. The third kappa shape index (κ3) is 8.76. The van der Waals surface area contributed by atoms with E-state index in [-0.39, 0.29) is 31.2 Å². The third-order valence-corrected chi connectivity index (χ3v) is 12.4. The first-order valence-electron chi connectivity index (χ1n) is 19.0. The Morgan fingerprint density at radius 1 is 1.07 bits per heavy atom. The molecule has 15 heteroatoms. The van der Waals surface area contributed by atoms with Crippen LogP contribution in [0.4, 0.5) is 4.79 Å². The molecule has 2 aromatic rings. The first-order chi connectivity index (χ1) is 25.5. The number of nitrogens with one attached hydrogen (secondary N) is 3. The highest BCUT2D eigenvalue weighted by molar-refractivity contribution is 7.91. The molecule has 4 aliphatic rings. The number of nitrogens with zero attached hydrogens (tertiary/aromatic N) is 2. The molecule has 0 spiro atoms. The van der Waals surface area contributed by atoms with Crippen LogP contribution in [0.3, 0.4) is 0 Å². The highest BCUT2D eigenvalue weighted by atomic mass is 32.2. The number of aromatic nitrogens is 1. The van der Waals surface area contributed by atoms with E-state index in [1.807, 2.05) is 50.3 Å². The molecule has 54 heavy (non-hydrogen) atoms. The van der Waals surface area contributed by atoms with Gasteiger partial charge in [0, 0.05) is 23.1 Å². The fourth-order valence-corrected chi connectivity index (χ4v) is 8.96. The van der Waals surface area contributed by atoms with Crippen LogP contribution < -0.4 is 24.8 Å². The van der Waals surface area contributed by atoms with Crippen molar-refractivity contribution in [1.29, 1.82) is 0 Å². The van der Waals surface area contributed by atoms with Crippen molar-refractivity contribution in [2.75, 3.05) is 13.2 Å². The summed E-state index contributed by atoms with van der Waals surface area (Å²) in [5.74, 6) is -1.64. The first kappa shape index (κ1) is 39.3. The van der Waals surface area contributed by atoms with Crippen LogP contribution in [0.2, 0.25) is 0 Å². The zero-order chi connectivity index (χ0) is 39.0. The predicted molar refractivity (Wildman–Crippen MR) is 201 cm³/mol. The van der Waals surface area contributed by atoms with E-state index in [0.717, 1.165) is 11.8 Å². The van der Waals surface area contributed by atoms with Crippen molar-refractivity contribution in [3.05, 3.63) is 42.6 Å². The largest absolute Gasteiger partial charge is 0.492 e. The van der Waals surface area contributed by atoms with Crippen LogP contribution in [-0.2, 0) is 29.1 Å². The zero-order valence-electron chi connectivity index (χ0n) is 31.9. The number of amides is 4. The van der Waals surface area contributed by atoms with Crippen molar-refractivity contribution in [3.8, 4) is 11.6 Å². The monoisotopic (exact) mass is 767 g/mol. The van der Waals surface area contributed by atoms with Crippen LogP contribution in [0, 0.1) is 17.8 Å². The molecule has 3 fully saturated rings. The highest BCUT2D eigenvalue weighted by Gasteiger charge is 2.62. The number of carbonyl (C=O) groups is 4. The third-order valence-electron chi connectivity index (χ3n) is 10.6. The van der Waals surface area contributed by atoms with Crippen LogP contribution in [0.1, 0.15) is 86.5 Å². The standard InChI is InChI=1S/C39H53N5O9S/c1-7-51-31-21-40-34(29-15-11-10-14-28(29)31)52-26-19-30-33(45)42-39(36(47)43-54(49,50)27-16-17-27)20-25(39)13-9-8-12-23(2)18-24(3)32(35(46)44(30)22-26)41-37(48)53-38(4,5)6/h9-11,13-15,21,23-27,30,32H,7-8,12,16-20,22H2,1-6H3,(H,41,48)(H,42,45)(H,43,47)/b13-9-/t23-,24-,25-,26-,30+,32?,39-/m1/s1. The maximum absolute atomic E-state index is 14.7. The lowest BCUT2D eigenvalue weighted by Gasteiger charge is -2.33. The molecular weight excluding hydrogens is 715 g/mol. The molecule has 3 N–H and O–H groups in total. The van der Waals surface area contributed by atoms with Gasteiger partial charge >= 0.3 is 6.09 Å². The molecule has 4 amide bonds. The number of fused-ring (bicyclic) bond motifs is 3. The summed E-state index contributed by atoms with van der Waals surface area (Å²) in [6.07, 6.45) is 7.20. The van der Waals surface area contributed by atoms with Crippen molar-refractivity contribution in [2.24, 2.45) is 17.8 Å². The summed E-state index contributed by atoms with van der Waals surface area (Å²) in [5.41, 5.74) is -2.33. The first-order valence-corrected chi connectivity index (χ1v) is 20.6. The lowest BCUT2D eigenvalue weighted by molar-refractivity contribution is -0.142. The minimum absolute atomic E-state index is 0.0203. The van der Waals surface area contributed by atoms with E-state index in [9.17, 15) is 27.6 Å². The summed E-state index contributed by atoms with van der Waals surface area (Å²) >= 11 is 0. The van der Waals surface area contributed by atoms with Crippen LogP contribution in [0.5, 0.6) is 11.6 Å². The van der Waals surface area contributed by atoms with Gasteiger partial charge in [-0.2, -0.15) is 0 Å². The number of rotatable bonds is 8. The van der Waals surface area contributed by atoms with Gasteiger partial charge < -0.3 is 29.7 Å². The second-order valence-electron chi connectivity index (χ2n) is 16.3. The number of ether oxygens (including phenoxy) is 3. The van der Waals surface area contributed by atoms with E-state index in [0.29, 0.717) is 49.3 Å². The summed E-state index contributed by atoms with van der Waals surface area (Å²) in [4.78, 5) is 62.1. The van der Waals surface area contributed by atoms with Gasteiger partial charge in [-0.3, -0.25) is 19.1 Å². The summed E-state index contributed by atoms with van der Waals surface area (Å²) in [5, 5.41) is 6.55. The number of allylic oxidation sites excluding steroid dienone is 1. The fourth-order valence-electron chi connectivity index (χ4n) is 7.60. The molecule has 2 saturated carbocycles.